The number of aryl methyl sites for hydroxylation is 1. The fourth-order valence-electron chi connectivity index (χ4n) is 3.21. The molecule has 0 aliphatic carbocycles. The van der Waals surface area contributed by atoms with Crippen molar-refractivity contribution in [2.75, 3.05) is 13.1 Å². The van der Waals surface area contributed by atoms with Crippen LogP contribution in [-0.4, -0.2) is 45.0 Å². The van der Waals surface area contributed by atoms with Gasteiger partial charge in [-0.3, -0.25) is 4.99 Å². The van der Waals surface area contributed by atoms with Crippen LogP contribution in [0.3, 0.4) is 0 Å². The summed E-state index contributed by atoms with van der Waals surface area (Å²) < 4.78 is 2.03. The minimum atomic E-state index is 0. The summed E-state index contributed by atoms with van der Waals surface area (Å²) in [5, 5.41) is 21.1. The highest BCUT2D eigenvalue weighted by molar-refractivity contribution is 14.0. The zero-order valence-corrected chi connectivity index (χ0v) is 19.2. The third-order valence-corrected chi connectivity index (χ3v) is 4.66. The molecule has 1 aliphatic heterocycles. The van der Waals surface area contributed by atoms with Crippen LogP contribution in [0.1, 0.15) is 50.3 Å². The molecule has 0 radical (unpaired) electrons. The molecule has 2 aromatic rings. The molecule has 1 aromatic carbocycles. The smallest absolute Gasteiger partial charge is 0.191 e. The van der Waals surface area contributed by atoms with E-state index in [1.807, 2.05) is 16.8 Å². The number of hydrogen-bond acceptors (Lipinski definition) is 4. The van der Waals surface area contributed by atoms with Gasteiger partial charge in [0.2, 0.25) is 0 Å². The summed E-state index contributed by atoms with van der Waals surface area (Å²) >= 11 is 0. The van der Waals surface area contributed by atoms with Crippen LogP contribution < -0.4 is 10.6 Å². The Balaban J connectivity index is 0.00000280. The summed E-state index contributed by atoms with van der Waals surface area (Å²) in [4.78, 5) is 9.34. The molecule has 2 heterocycles. The number of halogens is 1. The molecule has 1 aromatic heterocycles. The number of guanidine groups is 1. The van der Waals surface area contributed by atoms with Crippen molar-refractivity contribution in [1.82, 2.24) is 25.4 Å². The van der Waals surface area contributed by atoms with Crippen LogP contribution in [0.5, 0.6) is 5.75 Å². The van der Waals surface area contributed by atoms with Crippen LogP contribution in [0.15, 0.2) is 29.3 Å². The Labute approximate surface area is 184 Å². The van der Waals surface area contributed by atoms with Crippen LogP contribution in [0.2, 0.25) is 0 Å². The summed E-state index contributed by atoms with van der Waals surface area (Å²) in [6, 6.07) is 7.63. The number of hydrogen-bond donors (Lipinski definition) is 3. The Kier molecular flexibility index (Phi) is 8.53. The van der Waals surface area contributed by atoms with Gasteiger partial charge in [0.25, 0.3) is 0 Å². The molecule has 1 unspecified atom stereocenters. The van der Waals surface area contributed by atoms with Crippen LogP contribution in [0.25, 0.3) is 0 Å². The van der Waals surface area contributed by atoms with Gasteiger partial charge in [-0.05, 0) is 37.5 Å². The molecule has 0 amide bonds. The molecule has 28 heavy (non-hydrogen) atoms. The lowest BCUT2D eigenvalue weighted by Crippen LogP contribution is -2.47. The van der Waals surface area contributed by atoms with E-state index < -0.39 is 0 Å². The fraction of sp³-hybridized carbons (Fsp3) is 0.550. The van der Waals surface area contributed by atoms with Gasteiger partial charge in [0.15, 0.2) is 11.8 Å². The predicted octanol–water partition coefficient (Wildman–Crippen LogP) is 2.84. The predicted molar refractivity (Wildman–Crippen MR) is 123 cm³/mol. The van der Waals surface area contributed by atoms with Crippen LogP contribution in [0.4, 0.5) is 0 Å². The molecule has 1 atom stereocenters. The Hall–Kier alpha value is -1.84. The Morgan fingerprint density at radius 3 is 2.93 bits per heavy atom. The second-order valence-electron chi connectivity index (χ2n) is 7.28. The monoisotopic (exact) mass is 498 g/mol. The maximum absolute atomic E-state index is 9.56. The van der Waals surface area contributed by atoms with Crippen LogP contribution >= 0.6 is 24.0 Å². The van der Waals surface area contributed by atoms with E-state index in [-0.39, 0.29) is 30.0 Å². The van der Waals surface area contributed by atoms with E-state index in [0.29, 0.717) is 18.2 Å². The van der Waals surface area contributed by atoms with Gasteiger partial charge in [-0.1, -0.05) is 26.0 Å². The van der Waals surface area contributed by atoms with Gasteiger partial charge in [-0.2, -0.15) is 5.10 Å². The number of nitrogens with one attached hydrogen (secondary N) is 2. The zero-order valence-electron chi connectivity index (χ0n) is 16.9. The van der Waals surface area contributed by atoms with Crippen molar-refractivity contribution in [3.8, 4) is 5.75 Å². The van der Waals surface area contributed by atoms with Crippen molar-refractivity contribution >= 4 is 29.9 Å². The van der Waals surface area contributed by atoms with Gasteiger partial charge in [0.1, 0.15) is 11.6 Å². The first-order valence-electron chi connectivity index (χ1n) is 9.81. The largest absolute Gasteiger partial charge is 0.508 e. The molecule has 3 rings (SSSR count). The molecule has 0 saturated heterocycles. The number of phenols is 1. The van der Waals surface area contributed by atoms with Crippen LogP contribution in [-0.2, 0) is 19.4 Å². The highest BCUT2D eigenvalue weighted by Crippen LogP contribution is 2.17. The second-order valence-corrected chi connectivity index (χ2v) is 7.28. The van der Waals surface area contributed by atoms with Crippen molar-refractivity contribution in [2.45, 2.75) is 58.5 Å². The van der Waals surface area contributed by atoms with E-state index in [1.54, 1.807) is 12.1 Å². The SMILES string of the molecule is CCNC(=NCCc1cccc(O)c1)NC1CCc2nc(C(C)C)nn2C1.I. The first kappa shape index (κ1) is 22.4. The summed E-state index contributed by atoms with van der Waals surface area (Å²) in [6.45, 7) is 8.61. The number of nitrogens with zero attached hydrogens (tertiary/aromatic N) is 4. The van der Waals surface area contributed by atoms with Crippen molar-refractivity contribution in [1.29, 1.82) is 0 Å². The maximum atomic E-state index is 9.56. The van der Waals surface area contributed by atoms with Crippen LogP contribution in [0, 0.1) is 0 Å². The molecule has 0 fully saturated rings. The van der Waals surface area contributed by atoms with E-state index in [1.165, 1.54) is 0 Å². The molecule has 0 saturated carbocycles. The lowest BCUT2D eigenvalue weighted by molar-refractivity contribution is 0.391. The number of rotatable bonds is 6. The minimum absolute atomic E-state index is 0. The molecule has 3 N–H and O–H groups in total. The third kappa shape index (κ3) is 6.08. The Morgan fingerprint density at radius 2 is 2.21 bits per heavy atom. The Bertz CT molecular complexity index is 789. The third-order valence-electron chi connectivity index (χ3n) is 4.66. The van der Waals surface area contributed by atoms with Gasteiger partial charge >= 0.3 is 0 Å². The lowest BCUT2D eigenvalue weighted by atomic mass is 10.1. The number of aromatic nitrogens is 3. The molecular weight excluding hydrogens is 467 g/mol. The average Bonchev–Trinajstić information content (AvgIpc) is 3.06. The van der Waals surface area contributed by atoms with Gasteiger partial charge in [0.05, 0.1) is 6.54 Å². The minimum Gasteiger partial charge on any atom is -0.508 e. The molecule has 7 nitrogen and oxygen atoms in total. The summed E-state index contributed by atoms with van der Waals surface area (Å²) in [5.74, 6) is 3.49. The van der Waals surface area contributed by atoms with Gasteiger partial charge in [0, 0.05) is 31.5 Å². The topological polar surface area (TPSA) is 87.4 Å². The number of phenolic OH excluding ortho intramolecular Hbond substituents is 1. The van der Waals surface area contributed by atoms with E-state index >= 15 is 0 Å². The molecular formula is C20H31IN6O. The number of benzene rings is 1. The van der Waals surface area contributed by atoms with Gasteiger partial charge in [-0.25, -0.2) is 9.67 Å². The highest BCUT2D eigenvalue weighted by Gasteiger charge is 2.23. The first-order valence-corrected chi connectivity index (χ1v) is 9.81. The Morgan fingerprint density at radius 1 is 1.39 bits per heavy atom. The molecule has 1 aliphatic rings. The summed E-state index contributed by atoms with van der Waals surface area (Å²) in [5.41, 5.74) is 1.08. The maximum Gasteiger partial charge on any atom is 0.191 e. The quantitative estimate of drug-likeness (QED) is 0.324. The number of aliphatic imine (C=N–C) groups is 1. The fourth-order valence-corrected chi connectivity index (χ4v) is 3.21. The van der Waals surface area contributed by atoms with Gasteiger partial charge in [-0.15, -0.1) is 24.0 Å². The molecule has 154 valence electrons. The molecule has 0 spiro atoms. The van der Waals surface area contributed by atoms with E-state index in [0.717, 1.165) is 55.5 Å². The normalized spacial score (nSPS) is 16.4. The lowest BCUT2D eigenvalue weighted by Gasteiger charge is -2.25. The highest BCUT2D eigenvalue weighted by atomic mass is 127. The van der Waals surface area contributed by atoms with Gasteiger partial charge < -0.3 is 15.7 Å². The first-order chi connectivity index (χ1) is 13.0. The van der Waals surface area contributed by atoms with Crippen molar-refractivity contribution < 1.29 is 5.11 Å². The zero-order chi connectivity index (χ0) is 19.2. The van der Waals surface area contributed by atoms with Crippen molar-refractivity contribution in [2.24, 2.45) is 4.99 Å². The van der Waals surface area contributed by atoms with Crippen molar-refractivity contribution in [3.63, 3.8) is 0 Å². The average molecular weight is 498 g/mol. The standard InChI is InChI=1S/C20H30N6O.HI/c1-4-21-20(22-11-10-15-6-5-7-17(27)12-15)23-16-8-9-18-24-19(14(2)3)25-26(18)13-16;/h5-7,12,14,16,27H,4,8-11,13H2,1-3H3,(H2,21,22,23);1H. The number of fused-ring (bicyclic) bond motifs is 1. The number of aromatic hydroxyl groups is 1. The molecule has 8 heteroatoms. The summed E-state index contributed by atoms with van der Waals surface area (Å²) in [7, 11) is 0. The molecule has 0 bridgehead atoms. The summed E-state index contributed by atoms with van der Waals surface area (Å²) in [6.07, 6.45) is 2.74. The second kappa shape index (κ2) is 10.6. The van der Waals surface area contributed by atoms with Crippen molar-refractivity contribution in [3.05, 3.63) is 41.5 Å². The van der Waals surface area contributed by atoms with E-state index in [2.05, 4.69) is 46.5 Å². The van der Waals surface area contributed by atoms with E-state index in [4.69, 9.17) is 0 Å². The van der Waals surface area contributed by atoms with E-state index in [9.17, 15) is 5.11 Å².